The maximum atomic E-state index is 14.7. The van der Waals surface area contributed by atoms with Crippen LogP contribution in [-0.2, 0) is 28.7 Å². The van der Waals surface area contributed by atoms with Crippen LogP contribution in [0.15, 0.2) is 43.5 Å². The van der Waals surface area contributed by atoms with Gasteiger partial charge in [0.25, 0.3) is 5.91 Å². The number of hydrogen-bond donors (Lipinski definition) is 2. The fourth-order valence-corrected chi connectivity index (χ4v) is 8.19. The number of aliphatic hydroxyl groups is 1. The SMILES string of the molecule is C=CCCC(=O)NC[C@@H](C)OC(=O)[C@H]1[C@@H]2O[C@@]3(CC2Br)[C@@H]1C(=O)N(CCCCCO)[C@@H]3C(=O)N(CC=C)c1c(C)cccc1Cl. The Hall–Kier alpha value is -2.73. The highest BCUT2D eigenvalue weighted by Gasteiger charge is 2.77. The van der Waals surface area contributed by atoms with Crippen molar-refractivity contribution in [1.82, 2.24) is 10.2 Å². The van der Waals surface area contributed by atoms with Crippen molar-refractivity contribution in [3.8, 4) is 0 Å². The maximum absolute atomic E-state index is 14.7. The standard InChI is InChI=1S/C33H43BrClN3O7/c1-5-7-14-24(40)36-19-21(4)44-32(43)25-26-30(41)38(16-9-8-10-17-39)29(33(26)18-22(34)28(25)45-33)31(42)37(15-6-2)27-20(3)12-11-13-23(27)35/h5-6,11-13,21-22,25-26,28-29,39H,1-2,7-10,14-19H2,3-4H3,(H,36,40)/t21-,22?,25-,26+,28-,29-,33+/m1/s1. The molecule has 3 fully saturated rings. The van der Waals surface area contributed by atoms with Gasteiger partial charge in [0, 0.05) is 30.9 Å². The first-order valence-electron chi connectivity index (χ1n) is 15.5. The highest BCUT2D eigenvalue weighted by molar-refractivity contribution is 9.09. The van der Waals surface area contributed by atoms with Crippen molar-refractivity contribution in [3.05, 3.63) is 54.1 Å². The summed E-state index contributed by atoms with van der Waals surface area (Å²) in [4.78, 5) is 57.6. The normalized spacial score (nSPS) is 27.2. The van der Waals surface area contributed by atoms with Crippen molar-refractivity contribution in [2.24, 2.45) is 11.8 Å². The number of nitrogens with one attached hydrogen (secondary N) is 1. The van der Waals surface area contributed by atoms with Crippen LogP contribution in [0.25, 0.3) is 0 Å². The molecule has 3 aliphatic rings. The Balaban J connectivity index is 1.66. The number of ether oxygens (including phenoxy) is 2. The highest BCUT2D eigenvalue weighted by atomic mass is 79.9. The van der Waals surface area contributed by atoms with E-state index in [0.29, 0.717) is 42.8 Å². The number of allylic oxidation sites excluding steroid dienone is 1. The molecule has 4 rings (SSSR count). The third-order valence-electron chi connectivity index (χ3n) is 8.87. The van der Waals surface area contributed by atoms with E-state index in [1.165, 1.54) is 0 Å². The van der Waals surface area contributed by atoms with E-state index in [4.69, 9.17) is 21.1 Å². The summed E-state index contributed by atoms with van der Waals surface area (Å²) in [7, 11) is 0. The zero-order valence-electron chi connectivity index (χ0n) is 25.9. The van der Waals surface area contributed by atoms with Gasteiger partial charge < -0.3 is 29.7 Å². The summed E-state index contributed by atoms with van der Waals surface area (Å²) in [5, 5.41) is 12.5. The number of hydrogen-bond acceptors (Lipinski definition) is 7. The minimum atomic E-state index is -1.27. The van der Waals surface area contributed by atoms with Gasteiger partial charge in [-0.1, -0.05) is 51.8 Å². The van der Waals surface area contributed by atoms with E-state index >= 15 is 0 Å². The second kappa shape index (κ2) is 15.2. The van der Waals surface area contributed by atoms with Gasteiger partial charge in [0.2, 0.25) is 11.8 Å². The van der Waals surface area contributed by atoms with E-state index in [1.807, 2.05) is 13.0 Å². The number of amides is 3. The first-order chi connectivity index (χ1) is 21.5. The van der Waals surface area contributed by atoms with Crippen LogP contribution in [0.3, 0.4) is 0 Å². The minimum Gasteiger partial charge on any atom is -0.460 e. The van der Waals surface area contributed by atoms with E-state index in [0.717, 1.165) is 5.56 Å². The van der Waals surface area contributed by atoms with E-state index in [9.17, 15) is 24.3 Å². The molecule has 2 bridgehead atoms. The summed E-state index contributed by atoms with van der Waals surface area (Å²) in [6.07, 6.45) is 4.89. The summed E-state index contributed by atoms with van der Waals surface area (Å²) in [6.45, 7) is 11.6. The van der Waals surface area contributed by atoms with Crippen molar-refractivity contribution in [1.29, 1.82) is 0 Å². The number of halogens is 2. The van der Waals surface area contributed by atoms with Gasteiger partial charge >= 0.3 is 5.97 Å². The van der Waals surface area contributed by atoms with Gasteiger partial charge in [0.1, 0.15) is 17.7 Å². The third-order valence-corrected chi connectivity index (χ3v) is 10.0. The number of benzene rings is 1. The molecular formula is C33H43BrClN3O7. The fourth-order valence-electron chi connectivity index (χ4n) is 6.92. The highest BCUT2D eigenvalue weighted by Crippen LogP contribution is 2.60. The van der Waals surface area contributed by atoms with Crippen LogP contribution in [0.2, 0.25) is 5.02 Å². The van der Waals surface area contributed by atoms with Gasteiger partial charge in [-0.25, -0.2) is 0 Å². The Morgan fingerprint density at radius 1 is 1.29 bits per heavy atom. The Bertz CT molecular complexity index is 1290. The number of anilines is 1. The molecule has 1 aromatic rings. The maximum Gasteiger partial charge on any atom is 0.312 e. The molecule has 3 heterocycles. The molecule has 0 aromatic heterocycles. The molecule has 3 amide bonds. The van der Waals surface area contributed by atoms with Gasteiger partial charge in [-0.05, 0) is 57.6 Å². The number of rotatable bonds is 16. The number of unbranched alkanes of at least 4 members (excludes halogenated alkanes) is 2. The Labute approximate surface area is 278 Å². The summed E-state index contributed by atoms with van der Waals surface area (Å²) < 4.78 is 12.4. The van der Waals surface area contributed by atoms with E-state index in [-0.39, 0.29) is 55.2 Å². The average molecular weight is 709 g/mol. The predicted octanol–water partition coefficient (Wildman–Crippen LogP) is 4.09. The number of esters is 1. The Kier molecular flexibility index (Phi) is 11.9. The molecule has 1 unspecified atom stereocenters. The molecule has 1 spiro atoms. The smallest absolute Gasteiger partial charge is 0.312 e. The van der Waals surface area contributed by atoms with Crippen molar-refractivity contribution in [3.63, 3.8) is 0 Å². The monoisotopic (exact) mass is 707 g/mol. The van der Waals surface area contributed by atoms with Crippen LogP contribution in [0.1, 0.15) is 51.0 Å². The molecule has 0 radical (unpaired) electrons. The number of aliphatic hydroxyl groups excluding tert-OH is 1. The van der Waals surface area contributed by atoms with Crippen LogP contribution in [0.5, 0.6) is 0 Å². The number of likely N-dealkylation sites (tertiary alicyclic amines) is 1. The quantitative estimate of drug-likeness (QED) is 0.115. The Morgan fingerprint density at radius 3 is 2.71 bits per heavy atom. The van der Waals surface area contributed by atoms with Gasteiger partial charge in [-0.15, -0.1) is 13.2 Å². The van der Waals surface area contributed by atoms with Gasteiger partial charge in [0.15, 0.2) is 0 Å². The second-order valence-corrected chi connectivity index (χ2v) is 13.6. The molecular weight excluding hydrogens is 666 g/mol. The van der Waals surface area contributed by atoms with Gasteiger partial charge in [-0.2, -0.15) is 0 Å². The van der Waals surface area contributed by atoms with Crippen molar-refractivity contribution < 1.29 is 33.8 Å². The lowest BCUT2D eigenvalue weighted by Gasteiger charge is -2.37. The molecule has 12 heteroatoms. The third kappa shape index (κ3) is 7.01. The van der Waals surface area contributed by atoms with Crippen molar-refractivity contribution >= 4 is 56.9 Å². The number of alkyl halides is 1. The molecule has 3 aliphatic heterocycles. The Morgan fingerprint density at radius 2 is 2.04 bits per heavy atom. The van der Waals surface area contributed by atoms with Gasteiger partial charge in [-0.3, -0.25) is 19.2 Å². The lowest BCUT2D eigenvalue weighted by molar-refractivity contribution is -0.159. The minimum absolute atomic E-state index is 0.0264. The average Bonchev–Trinajstić information content (AvgIpc) is 3.59. The zero-order chi connectivity index (χ0) is 32.9. The number of para-hydroxylation sites is 1. The number of aryl methyl sites for hydroxylation is 1. The van der Waals surface area contributed by atoms with E-state index in [1.54, 1.807) is 41.0 Å². The summed E-state index contributed by atoms with van der Waals surface area (Å²) in [5.41, 5.74) is 0.0387. The van der Waals surface area contributed by atoms with Crippen LogP contribution in [-0.4, -0.2) is 88.6 Å². The topological polar surface area (TPSA) is 125 Å². The molecule has 45 heavy (non-hydrogen) atoms. The van der Waals surface area contributed by atoms with Crippen LogP contribution < -0.4 is 10.2 Å². The number of nitrogens with zero attached hydrogens (tertiary/aromatic N) is 2. The first-order valence-corrected chi connectivity index (χ1v) is 16.8. The lowest BCUT2D eigenvalue weighted by atomic mass is 9.70. The fraction of sp³-hybridized carbons (Fsp3) is 0.576. The van der Waals surface area contributed by atoms with Crippen molar-refractivity contribution in [2.75, 3.05) is 31.1 Å². The largest absolute Gasteiger partial charge is 0.460 e. The van der Waals surface area contributed by atoms with E-state index < -0.39 is 41.7 Å². The molecule has 246 valence electrons. The molecule has 0 aliphatic carbocycles. The number of carbonyl (C=O) groups excluding carboxylic acids is 4. The van der Waals surface area contributed by atoms with Crippen LogP contribution in [0, 0.1) is 18.8 Å². The molecule has 2 N–H and O–H groups in total. The molecule has 3 saturated heterocycles. The molecule has 7 atom stereocenters. The summed E-state index contributed by atoms with van der Waals surface area (Å²) in [5.74, 6) is -3.35. The van der Waals surface area contributed by atoms with Crippen LogP contribution in [0.4, 0.5) is 5.69 Å². The lowest BCUT2D eigenvalue weighted by Crippen LogP contribution is -2.57. The summed E-state index contributed by atoms with van der Waals surface area (Å²) in [6, 6.07) is 4.35. The van der Waals surface area contributed by atoms with Crippen LogP contribution >= 0.6 is 27.5 Å². The summed E-state index contributed by atoms with van der Waals surface area (Å²) >= 11 is 10.3. The molecule has 1 aromatic carbocycles. The molecule has 10 nitrogen and oxygen atoms in total. The molecule has 0 saturated carbocycles. The van der Waals surface area contributed by atoms with Gasteiger partial charge in [0.05, 0.1) is 35.2 Å². The zero-order valence-corrected chi connectivity index (χ0v) is 28.2. The number of carbonyl (C=O) groups is 4. The predicted molar refractivity (Wildman–Crippen MR) is 175 cm³/mol. The number of fused-ring (bicyclic) bond motifs is 1. The van der Waals surface area contributed by atoms with Crippen molar-refractivity contribution in [2.45, 2.75) is 81.1 Å². The van der Waals surface area contributed by atoms with E-state index in [2.05, 4.69) is 34.4 Å². The second-order valence-electron chi connectivity index (χ2n) is 12.0. The first kappa shape index (κ1) is 35.1.